The predicted molar refractivity (Wildman–Crippen MR) is 104 cm³/mol. The van der Waals surface area contributed by atoms with E-state index in [4.69, 9.17) is 4.74 Å². The van der Waals surface area contributed by atoms with Crippen molar-refractivity contribution in [1.29, 1.82) is 0 Å². The van der Waals surface area contributed by atoms with E-state index in [-0.39, 0.29) is 24.0 Å². The maximum Gasteiger partial charge on any atom is 0.315 e. The Balaban J connectivity index is 1.46. The third kappa shape index (κ3) is 5.91. The molecule has 2 amide bonds. The molecule has 1 aromatic rings. The highest BCUT2D eigenvalue weighted by Gasteiger charge is 2.28. The number of carbonyl (C=O) groups is 1. The number of ether oxygens (including phenoxy) is 1. The number of nitrogens with zero attached hydrogens (tertiary/aromatic N) is 1. The van der Waals surface area contributed by atoms with E-state index in [9.17, 15) is 9.18 Å². The smallest absolute Gasteiger partial charge is 0.315 e. The second-order valence-corrected chi connectivity index (χ2v) is 7.72. The number of amides is 2. The Labute approximate surface area is 161 Å². The van der Waals surface area contributed by atoms with E-state index < -0.39 is 0 Å². The van der Waals surface area contributed by atoms with Gasteiger partial charge in [-0.15, -0.1) is 0 Å². The van der Waals surface area contributed by atoms with Gasteiger partial charge in [-0.3, -0.25) is 0 Å². The molecule has 2 fully saturated rings. The van der Waals surface area contributed by atoms with Gasteiger partial charge in [0.1, 0.15) is 5.82 Å². The van der Waals surface area contributed by atoms with Crippen molar-refractivity contribution in [3.05, 3.63) is 35.6 Å². The first-order valence-corrected chi connectivity index (χ1v) is 10.3. The summed E-state index contributed by atoms with van der Waals surface area (Å²) in [4.78, 5) is 14.9. The van der Waals surface area contributed by atoms with Crippen molar-refractivity contribution in [2.45, 2.75) is 63.6 Å². The molecule has 5 nitrogen and oxygen atoms in total. The molecule has 3 atom stereocenters. The van der Waals surface area contributed by atoms with Gasteiger partial charge in [0, 0.05) is 25.7 Å². The molecule has 150 valence electrons. The Morgan fingerprint density at radius 1 is 1.26 bits per heavy atom. The molecule has 0 saturated carbocycles. The quantitative estimate of drug-likeness (QED) is 0.714. The third-order valence-corrected chi connectivity index (χ3v) is 5.70. The third-order valence-electron chi connectivity index (χ3n) is 5.70. The summed E-state index contributed by atoms with van der Waals surface area (Å²) in [5.74, 6) is -0.277. The van der Waals surface area contributed by atoms with Crippen LogP contribution in [0.2, 0.25) is 0 Å². The Bertz CT molecular complexity index is 590. The lowest BCUT2D eigenvalue weighted by molar-refractivity contribution is 0.0807. The molecular formula is C21H32FN3O2. The van der Waals surface area contributed by atoms with Gasteiger partial charge in [-0.25, -0.2) is 9.18 Å². The highest BCUT2D eigenvalue weighted by atomic mass is 19.1. The van der Waals surface area contributed by atoms with Crippen molar-refractivity contribution >= 4 is 6.03 Å². The summed E-state index contributed by atoms with van der Waals surface area (Å²) in [7, 11) is 0. The lowest BCUT2D eigenvalue weighted by Crippen LogP contribution is -2.43. The molecule has 3 rings (SSSR count). The van der Waals surface area contributed by atoms with Gasteiger partial charge in [0.05, 0.1) is 12.1 Å². The maximum atomic E-state index is 13.2. The number of hydrogen-bond acceptors (Lipinski definition) is 3. The number of urea groups is 1. The van der Waals surface area contributed by atoms with Crippen LogP contribution in [0, 0.1) is 5.82 Å². The van der Waals surface area contributed by atoms with E-state index >= 15 is 0 Å². The highest BCUT2D eigenvalue weighted by molar-refractivity contribution is 5.74. The predicted octanol–water partition coefficient (Wildman–Crippen LogP) is 3.61. The second kappa shape index (κ2) is 10.0. The lowest BCUT2D eigenvalue weighted by atomic mass is 9.99. The summed E-state index contributed by atoms with van der Waals surface area (Å²) in [5, 5.41) is 6.00. The fourth-order valence-electron chi connectivity index (χ4n) is 4.09. The number of benzene rings is 1. The average molecular weight is 378 g/mol. The first kappa shape index (κ1) is 20.1. The number of hydrogen-bond donors (Lipinski definition) is 2. The van der Waals surface area contributed by atoms with E-state index in [1.165, 1.54) is 37.9 Å². The molecule has 2 saturated heterocycles. The summed E-state index contributed by atoms with van der Waals surface area (Å²) in [6.07, 6.45) is 6.64. The second-order valence-electron chi connectivity index (χ2n) is 7.72. The van der Waals surface area contributed by atoms with Gasteiger partial charge in [0.2, 0.25) is 0 Å². The molecule has 0 spiro atoms. The summed E-state index contributed by atoms with van der Waals surface area (Å²) >= 11 is 0. The molecule has 2 heterocycles. The Kier molecular flexibility index (Phi) is 7.47. The van der Waals surface area contributed by atoms with Crippen molar-refractivity contribution in [3.8, 4) is 0 Å². The van der Waals surface area contributed by atoms with Crippen molar-refractivity contribution in [1.82, 2.24) is 15.5 Å². The minimum absolute atomic E-state index is 0.0598. The first-order chi connectivity index (χ1) is 13.1. The highest BCUT2D eigenvalue weighted by Crippen LogP contribution is 2.27. The van der Waals surface area contributed by atoms with Gasteiger partial charge >= 0.3 is 6.03 Å². The molecule has 0 radical (unpaired) electrons. The van der Waals surface area contributed by atoms with Crippen LogP contribution in [-0.4, -0.2) is 49.3 Å². The van der Waals surface area contributed by atoms with Gasteiger partial charge in [0.25, 0.3) is 0 Å². The molecule has 27 heavy (non-hydrogen) atoms. The largest absolute Gasteiger partial charge is 0.376 e. The van der Waals surface area contributed by atoms with Crippen LogP contribution in [0.1, 0.15) is 57.1 Å². The minimum atomic E-state index is -0.277. The van der Waals surface area contributed by atoms with Crippen LogP contribution >= 0.6 is 0 Å². The molecule has 2 aliphatic rings. The summed E-state index contributed by atoms with van der Waals surface area (Å²) in [5.41, 5.74) is 0.876. The van der Waals surface area contributed by atoms with Crippen LogP contribution < -0.4 is 10.6 Å². The Hall–Kier alpha value is -1.66. The molecule has 1 aromatic carbocycles. The zero-order valence-corrected chi connectivity index (χ0v) is 16.3. The fourth-order valence-corrected chi connectivity index (χ4v) is 4.09. The lowest BCUT2D eigenvalue weighted by Gasteiger charge is -2.33. The maximum absolute atomic E-state index is 13.2. The van der Waals surface area contributed by atoms with Gasteiger partial charge < -0.3 is 20.3 Å². The number of piperidine rings is 1. The van der Waals surface area contributed by atoms with E-state index in [1.807, 2.05) is 0 Å². The molecular weight excluding hydrogens is 345 g/mol. The van der Waals surface area contributed by atoms with Crippen molar-refractivity contribution in [2.75, 3.05) is 26.2 Å². The number of likely N-dealkylation sites (tertiary alicyclic amines) is 1. The van der Waals surface area contributed by atoms with Crippen LogP contribution in [-0.2, 0) is 4.74 Å². The van der Waals surface area contributed by atoms with Crippen molar-refractivity contribution in [3.63, 3.8) is 0 Å². The van der Waals surface area contributed by atoms with Crippen LogP contribution in [0.3, 0.4) is 0 Å². The molecule has 0 bridgehead atoms. The molecule has 2 aliphatic heterocycles. The standard InChI is InChI=1S/C21H32FN3O2/c1-16-6-2-3-13-25(16)14-5-12-23-21(26)24-20(19-7-4-15-27-19)17-8-10-18(22)11-9-17/h8-11,16,19-20H,2-7,12-15H2,1H3,(H2,23,24,26). The first-order valence-electron chi connectivity index (χ1n) is 10.3. The zero-order chi connectivity index (χ0) is 19.1. The minimum Gasteiger partial charge on any atom is -0.376 e. The molecule has 0 aromatic heterocycles. The van der Waals surface area contributed by atoms with Gasteiger partial charge in [0.15, 0.2) is 0 Å². The van der Waals surface area contributed by atoms with Crippen LogP contribution in [0.25, 0.3) is 0 Å². The number of carbonyl (C=O) groups excluding carboxylic acids is 1. The summed E-state index contributed by atoms with van der Waals surface area (Å²) < 4.78 is 19.0. The topological polar surface area (TPSA) is 53.6 Å². The van der Waals surface area contributed by atoms with Gasteiger partial charge in [-0.05, 0) is 63.3 Å². The summed E-state index contributed by atoms with van der Waals surface area (Å²) in [6, 6.07) is 6.50. The molecule has 2 N–H and O–H groups in total. The van der Waals surface area contributed by atoms with Crippen molar-refractivity contribution < 1.29 is 13.9 Å². The molecule has 3 unspecified atom stereocenters. The van der Waals surface area contributed by atoms with Gasteiger partial charge in [-0.2, -0.15) is 0 Å². The average Bonchev–Trinajstić information content (AvgIpc) is 3.20. The molecule has 6 heteroatoms. The SMILES string of the molecule is CC1CCCCN1CCCNC(=O)NC(c1ccc(F)cc1)C1CCCO1. The number of rotatable bonds is 7. The van der Waals surface area contributed by atoms with E-state index in [0.29, 0.717) is 19.2 Å². The van der Waals surface area contributed by atoms with Crippen LogP contribution in [0.5, 0.6) is 0 Å². The van der Waals surface area contributed by atoms with Gasteiger partial charge in [-0.1, -0.05) is 18.6 Å². The fraction of sp³-hybridized carbons (Fsp3) is 0.667. The number of nitrogens with one attached hydrogen (secondary N) is 2. The molecule has 0 aliphatic carbocycles. The van der Waals surface area contributed by atoms with E-state index in [0.717, 1.165) is 31.4 Å². The number of halogens is 1. The van der Waals surface area contributed by atoms with E-state index in [1.54, 1.807) is 12.1 Å². The van der Waals surface area contributed by atoms with Crippen LogP contribution in [0.4, 0.5) is 9.18 Å². The summed E-state index contributed by atoms with van der Waals surface area (Å²) in [6.45, 7) is 5.83. The normalized spacial score (nSPS) is 24.5. The van der Waals surface area contributed by atoms with Crippen molar-refractivity contribution in [2.24, 2.45) is 0 Å². The zero-order valence-electron chi connectivity index (χ0n) is 16.3. The van der Waals surface area contributed by atoms with E-state index in [2.05, 4.69) is 22.5 Å². The Morgan fingerprint density at radius 2 is 2.07 bits per heavy atom. The van der Waals surface area contributed by atoms with Crippen LogP contribution in [0.15, 0.2) is 24.3 Å². The monoisotopic (exact) mass is 377 g/mol. The Morgan fingerprint density at radius 3 is 2.78 bits per heavy atom.